The van der Waals surface area contributed by atoms with Gasteiger partial charge in [-0.3, -0.25) is 4.79 Å². The highest BCUT2D eigenvalue weighted by atomic mass is 32.2. The highest BCUT2D eigenvalue weighted by Gasteiger charge is 2.25. The minimum atomic E-state index is -2.90. The summed E-state index contributed by atoms with van der Waals surface area (Å²) in [5, 5.41) is 16.5. The van der Waals surface area contributed by atoms with E-state index >= 15 is 0 Å². The van der Waals surface area contributed by atoms with Crippen LogP contribution in [0, 0.1) is 11.3 Å². The number of nitriles is 1. The second kappa shape index (κ2) is 10.5. The lowest BCUT2D eigenvalue weighted by atomic mass is 10.2. The molecule has 10 heteroatoms. The number of alkyl halides is 2. The molecule has 1 heterocycles. The van der Waals surface area contributed by atoms with Crippen molar-refractivity contribution in [2.24, 2.45) is 0 Å². The van der Waals surface area contributed by atoms with Crippen molar-refractivity contribution >= 4 is 23.4 Å². The van der Waals surface area contributed by atoms with Crippen LogP contribution in [0.4, 0.5) is 14.5 Å². The van der Waals surface area contributed by atoms with E-state index < -0.39 is 11.9 Å². The number of carbonyl (C=O) groups excluding carboxylic acids is 1. The Morgan fingerprint density at radius 1 is 1.19 bits per heavy atom. The molecule has 0 aliphatic heterocycles. The van der Waals surface area contributed by atoms with Crippen molar-refractivity contribution in [2.45, 2.75) is 30.4 Å². The van der Waals surface area contributed by atoms with Gasteiger partial charge in [-0.25, -0.2) is 0 Å². The van der Waals surface area contributed by atoms with Crippen LogP contribution in [0.25, 0.3) is 11.5 Å². The molecule has 1 unspecified atom stereocenters. The van der Waals surface area contributed by atoms with Crippen molar-refractivity contribution in [3.05, 3.63) is 54.6 Å². The van der Waals surface area contributed by atoms with Gasteiger partial charge in [0.2, 0.25) is 11.8 Å². The maximum atomic E-state index is 13.0. The second-order valence-electron chi connectivity index (χ2n) is 6.27. The molecule has 0 aliphatic rings. The SMILES string of the molecule is CC(Sc1nnc(-c2ccc(OC(F)F)cc2)o1)C(=O)N(CCC#N)c1ccccc1. The van der Waals surface area contributed by atoms with Gasteiger partial charge in [0.25, 0.3) is 5.22 Å². The van der Waals surface area contributed by atoms with E-state index in [0.717, 1.165) is 11.8 Å². The fraction of sp³-hybridized carbons (Fsp3) is 0.238. The quantitative estimate of drug-likeness (QED) is 0.439. The number of anilines is 1. The highest BCUT2D eigenvalue weighted by Crippen LogP contribution is 2.29. The molecule has 3 rings (SSSR count). The number of para-hydroxylation sites is 1. The summed E-state index contributed by atoms with van der Waals surface area (Å²) in [6, 6.07) is 16.9. The molecule has 0 saturated carbocycles. The maximum absolute atomic E-state index is 13.0. The highest BCUT2D eigenvalue weighted by molar-refractivity contribution is 8.00. The van der Waals surface area contributed by atoms with Gasteiger partial charge in [0.05, 0.1) is 17.7 Å². The first-order valence-electron chi connectivity index (χ1n) is 9.26. The Bertz CT molecular complexity index is 1040. The lowest BCUT2D eigenvalue weighted by Gasteiger charge is -2.24. The van der Waals surface area contributed by atoms with Crippen LogP contribution in [0.3, 0.4) is 0 Å². The average molecular weight is 444 g/mol. The first-order valence-corrected chi connectivity index (χ1v) is 10.1. The predicted molar refractivity (Wildman–Crippen MR) is 111 cm³/mol. The first-order chi connectivity index (χ1) is 15.0. The Morgan fingerprint density at radius 2 is 1.90 bits per heavy atom. The lowest BCUT2D eigenvalue weighted by molar-refractivity contribution is -0.117. The summed E-state index contributed by atoms with van der Waals surface area (Å²) in [6.07, 6.45) is 0.202. The number of carbonyl (C=O) groups is 1. The standard InChI is InChI=1S/C21H18F2N4O3S/c1-14(19(28)27(13-5-12-24)16-6-3-2-4-7-16)31-21-26-25-18(30-21)15-8-10-17(11-9-15)29-20(22)23/h2-4,6-11,14,20H,5,13H2,1H3. The molecule has 1 aromatic heterocycles. The average Bonchev–Trinajstić information content (AvgIpc) is 3.23. The van der Waals surface area contributed by atoms with E-state index in [-0.39, 0.29) is 35.7 Å². The zero-order valence-electron chi connectivity index (χ0n) is 16.4. The normalized spacial score (nSPS) is 11.7. The smallest absolute Gasteiger partial charge is 0.387 e. The zero-order valence-corrected chi connectivity index (χ0v) is 17.3. The molecular formula is C21H18F2N4O3S. The Hall–Kier alpha value is -3.45. The van der Waals surface area contributed by atoms with E-state index in [1.54, 1.807) is 24.0 Å². The van der Waals surface area contributed by atoms with Gasteiger partial charge in [0.1, 0.15) is 5.75 Å². The molecule has 1 atom stereocenters. The zero-order chi connectivity index (χ0) is 22.2. The van der Waals surface area contributed by atoms with Crippen molar-refractivity contribution in [2.75, 3.05) is 11.4 Å². The van der Waals surface area contributed by atoms with E-state index in [4.69, 9.17) is 9.68 Å². The number of benzene rings is 2. The van der Waals surface area contributed by atoms with E-state index in [0.29, 0.717) is 11.3 Å². The van der Waals surface area contributed by atoms with E-state index in [1.807, 2.05) is 18.2 Å². The Labute approximate surface area is 181 Å². The molecule has 0 aliphatic carbocycles. The van der Waals surface area contributed by atoms with Crippen molar-refractivity contribution in [1.29, 1.82) is 5.26 Å². The van der Waals surface area contributed by atoms with E-state index in [1.165, 1.54) is 24.3 Å². The molecule has 31 heavy (non-hydrogen) atoms. The van der Waals surface area contributed by atoms with Crippen LogP contribution in [0.1, 0.15) is 13.3 Å². The molecule has 0 radical (unpaired) electrons. The van der Waals surface area contributed by atoms with Crippen molar-refractivity contribution < 1.29 is 22.7 Å². The number of thioether (sulfide) groups is 1. The summed E-state index contributed by atoms with van der Waals surface area (Å²) < 4.78 is 34.4. The van der Waals surface area contributed by atoms with Gasteiger partial charge in [-0.15, -0.1) is 10.2 Å². The molecule has 0 spiro atoms. The number of nitrogens with zero attached hydrogens (tertiary/aromatic N) is 4. The molecular weight excluding hydrogens is 426 g/mol. The van der Waals surface area contributed by atoms with Crippen LogP contribution in [-0.2, 0) is 4.79 Å². The van der Waals surface area contributed by atoms with Gasteiger partial charge in [0, 0.05) is 17.8 Å². The molecule has 7 nitrogen and oxygen atoms in total. The molecule has 0 bridgehead atoms. The monoisotopic (exact) mass is 444 g/mol. The molecule has 0 fully saturated rings. The minimum absolute atomic E-state index is 0.0189. The van der Waals surface area contributed by atoms with Crippen molar-refractivity contribution in [3.8, 4) is 23.3 Å². The van der Waals surface area contributed by atoms with E-state index in [9.17, 15) is 13.6 Å². The fourth-order valence-electron chi connectivity index (χ4n) is 2.71. The Morgan fingerprint density at radius 3 is 2.55 bits per heavy atom. The summed E-state index contributed by atoms with van der Waals surface area (Å²) in [4.78, 5) is 14.5. The predicted octanol–water partition coefficient (Wildman–Crippen LogP) is 4.77. The summed E-state index contributed by atoms with van der Waals surface area (Å²) in [7, 11) is 0. The van der Waals surface area contributed by atoms with Crippen molar-refractivity contribution in [1.82, 2.24) is 10.2 Å². The van der Waals surface area contributed by atoms with Gasteiger partial charge in [0.15, 0.2) is 0 Å². The van der Waals surface area contributed by atoms with Crippen molar-refractivity contribution in [3.63, 3.8) is 0 Å². The van der Waals surface area contributed by atoms with Crippen LogP contribution in [0.5, 0.6) is 5.75 Å². The summed E-state index contributed by atoms with van der Waals surface area (Å²) in [6.45, 7) is -0.915. The lowest BCUT2D eigenvalue weighted by Crippen LogP contribution is -2.37. The number of hydrogen-bond donors (Lipinski definition) is 0. The fourth-order valence-corrected chi connectivity index (χ4v) is 3.46. The first kappa shape index (κ1) is 22.2. The molecule has 0 saturated heterocycles. The number of halogens is 2. The van der Waals surface area contributed by atoms with Crippen LogP contribution >= 0.6 is 11.8 Å². The largest absolute Gasteiger partial charge is 0.435 e. The number of ether oxygens (including phenoxy) is 1. The summed E-state index contributed by atoms with van der Waals surface area (Å²) >= 11 is 1.10. The minimum Gasteiger partial charge on any atom is -0.435 e. The number of amides is 1. The van der Waals surface area contributed by atoms with Crippen LogP contribution in [0.15, 0.2) is 64.2 Å². The van der Waals surface area contributed by atoms with Crippen LogP contribution in [0.2, 0.25) is 0 Å². The van der Waals surface area contributed by atoms with Gasteiger partial charge in [-0.05, 0) is 43.3 Å². The van der Waals surface area contributed by atoms with Gasteiger partial charge < -0.3 is 14.1 Å². The van der Waals surface area contributed by atoms with Crippen LogP contribution < -0.4 is 9.64 Å². The van der Waals surface area contributed by atoms with Crippen LogP contribution in [-0.4, -0.2) is 34.5 Å². The topological polar surface area (TPSA) is 92.2 Å². The third-order valence-electron chi connectivity index (χ3n) is 4.14. The molecule has 0 N–H and O–H groups in total. The molecule has 1 amide bonds. The van der Waals surface area contributed by atoms with Gasteiger partial charge >= 0.3 is 6.61 Å². The van der Waals surface area contributed by atoms with Gasteiger partial charge in [-0.2, -0.15) is 14.0 Å². The third-order valence-corrected chi connectivity index (χ3v) is 5.06. The summed E-state index contributed by atoms with van der Waals surface area (Å²) in [5.41, 5.74) is 1.23. The Kier molecular flexibility index (Phi) is 7.56. The number of hydrogen-bond acceptors (Lipinski definition) is 7. The Balaban J connectivity index is 1.68. The van der Waals surface area contributed by atoms with Gasteiger partial charge in [-0.1, -0.05) is 30.0 Å². The van der Waals surface area contributed by atoms with E-state index in [2.05, 4.69) is 21.0 Å². The molecule has 160 valence electrons. The third kappa shape index (κ3) is 6.02. The summed E-state index contributed by atoms with van der Waals surface area (Å²) in [5.74, 6) is 0.0142. The number of rotatable bonds is 9. The molecule has 3 aromatic rings. The number of aromatic nitrogens is 2. The second-order valence-corrected chi connectivity index (χ2v) is 7.56. The maximum Gasteiger partial charge on any atom is 0.387 e. The molecule has 2 aromatic carbocycles.